The highest BCUT2D eigenvalue weighted by Crippen LogP contribution is 2.25. The predicted molar refractivity (Wildman–Crippen MR) is 84.1 cm³/mol. The van der Waals surface area contributed by atoms with Gasteiger partial charge in [-0.1, -0.05) is 30.3 Å². The number of rotatable bonds is 2. The van der Waals surface area contributed by atoms with Crippen LogP contribution in [0.25, 0.3) is 10.8 Å². The van der Waals surface area contributed by atoms with E-state index in [0.717, 1.165) is 16.5 Å². The van der Waals surface area contributed by atoms with E-state index in [1.54, 1.807) is 11.9 Å². The molecule has 4 nitrogen and oxygen atoms in total. The fourth-order valence-electron chi connectivity index (χ4n) is 2.78. The number of sulfone groups is 1. The smallest absolute Gasteiger partial charge is 0.230 e. The topological polar surface area (TPSA) is 54.5 Å². The Hall–Kier alpha value is -1.88. The molecular formula is C16H17NO3S. The minimum absolute atomic E-state index is 0.0241. The van der Waals surface area contributed by atoms with E-state index < -0.39 is 15.8 Å². The minimum atomic E-state index is -3.04. The standard InChI is InChI=1S/C16H17NO3S/c1-17(16(18)14-8-9-21(19,20)11-14)15-7-6-12-4-2-3-5-13(12)10-15/h2-7,10,14H,8-9,11H2,1H3. The van der Waals surface area contributed by atoms with Crippen molar-refractivity contribution in [2.75, 3.05) is 23.5 Å². The van der Waals surface area contributed by atoms with Crippen LogP contribution in [0, 0.1) is 5.92 Å². The van der Waals surface area contributed by atoms with Gasteiger partial charge in [0.2, 0.25) is 5.91 Å². The maximum absolute atomic E-state index is 12.4. The van der Waals surface area contributed by atoms with Gasteiger partial charge in [-0.05, 0) is 29.3 Å². The second-order valence-corrected chi connectivity index (χ2v) is 7.76. The second kappa shape index (κ2) is 5.15. The zero-order chi connectivity index (χ0) is 15.0. The molecular weight excluding hydrogens is 286 g/mol. The fourth-order valence-corrected chi connectivity index (χ4v) is 4.51. The largest absolute Gasteiger partial charge is 0.315 e. The molecule has 0 saturated carbocycles. The summed E-state index contributed by atoms with van der Waals surface area (Å²) in [5.41, 5.74) is 0.794. The highest BCUT2D eigenvalue weighted by molar-refractivity contribution is 7.91. The lowest BCUT2D eigenvalue weighted by Crippen LogP contribution is -2.33. The SMILES string of the molecule is CN(C(=O)C1CCS(=O)(=O)C1)c1ccc2ccccc2c1. The van der Waals surface area contributed by atoms with Crippen molar-refractivity contribution >= 4 is 32.2 Å². The second-order valence-electron chi connectivity index (χ2n) is 5.53. The third kappa shape index (κ3) is 2.78. The van der Waals surface area contributed by atoms with Crippen molar-refractivity contribution in [3.05, 3.63) is 42.5 Å². The van der Waals surface area contributed by atoms with Gasteiger partial charge in [-0.3, -0.25) is 4.79 Å². The molecule has 1 amide bonds. The molecule has 1 atom stereocenters. The van der Waals surface area contributed by atoms with Gasteiger partial charge in [0.1, 0.15) is 0 Å². The Morgan fingerprint density at radius 3 is 2.52 bits per heavy atom. The Kier molecular flexibility index (Phi) is 3.45. The summed E-state index contributed by atoms with van der Waals surface area (Å²) in [5, 5.41) is 2.18. The monoisotopic (exact) mass is 303 g/mol. The molecule has 2 aromatic rings. The van der Waals surface area contributed by atoms with Crippen LogP contribution in [0.3, 0.4) is 0 Å². The molecule has 3 rings (SSSR count). The summed E-state index contributed by atoms with van der Waals surface area (Å²) in [4.78, 5) is 14.0. The van der Waals surface area contributed by atoms with Crippen LogP contribution in [0.4, 0.5) is 5.69 Å². The Balaban J connectivity index is 1.86. The van der Waals surface area contributed by atoms with Crippen LogP contribution in [0.15, 0.2) is 42.5 Å². The van der Waals surface area contributed by atoms with E-state index in [2.05, 4.69) is 0 Å². The normalized spacial score (nSPS) is 20.5. The van der Waals surface area contributed by atoms with Gasteiger partial charge in [-0.2, -0.15) is 0 Å². The number of carbonyl (C=O) groups is 1. The van der Waals surface area contributed by atoms with Crippen molar-refractivity contribution in [1.29, 1.82) is 0 Å². The number of hydrogen-bond acceptors (Lipinski definition) is 3. The van der Waals surface area contributed by atoms with E-state index in [1.165, 1.54) is 0 Å². The van der Waals surface area contributed by atoms with E-state index >= 15 is 0 Å². The summed E-state index contributed by atoms with van der Waals surface area (Å²) >= 11 is 0. The average molecular weight is 303 g/mol. The Morgan fingerprint density at radius 1 is 1.14 bits per heavy atom. The van der Waals surface area contributed by atoms with Crippen LogP contribution in [0.1, 0.15) is 6.42 Å². The van der Waals surface area contributed by atoms with Crippen molar-refractivity contribution in [2.45, 2.75) is 6.42 Å². The van der Waals surface area contributed by atoms with E-state index in [-0.39, 0.29) is 17.4 Å². The Morgan fingerprint density at radius 2 is 1.86 bits per heavy atom. The van der Waals surface area contributed by atoms with Gasteiger partial charge in [0.15, 0.2) is 9.84 Å². The first-order valence-electron chi connectivity index (χ1n) is 6.93. The molecule has 0 aromatic heterocycles. The Bertz CT molecular complexity index is 798. The first kappa shape index (κ1) is 14.1. The number of anilines is 1. The molecule has 1 saturated heterocycles. The van der Waals surface area contributed by atoms with E-state index in [1.807, 2.05) is 42.5 Å². The lowest BCUT2D eigenvalue weighted by atomic mass is 10.1. The van der Waals surface area contributed by atoms with Crippen LogP contribution in [-0.4, -0.2) is 32.9 Å². The molecule has 5 heteroatoms. The van der Waals surface area contributed by atoms with Crippen LogP contribution < -0.4 is 4.90 Å². The number of fused-ring (bicyclic) bond motifs is 1. The molecule has 0 radical (unpaired) electrons. The molecule has 1 unspecified atom stereocenters. The van der Waals surface area contributed by atoms with Crippen molar-refractivity contribution in [2.24, 2.45) is 5.92 Å². The Labute approximate surface area is 124 Å². The maximum atomic E-state index is 12.4. The molecule has 1 fully saturated rings. The zero-order valence-electron chi connectivity index (χ0n) is 11.8. The molecule has 0 aliphatic carbocycles. The van der Waals surface area contributed by atoms with E-state index in [0.29, 0.717) is 6.42 Å². The third-order valence-electron chi connectivity index (χ3n) is 4.03. The van der Waals surface area contributed by atoms with E-state index in [9.17, 15) is 13.2 Å². The van der Waals surface area contributed by atoms with Crippen molar-refractivity contribution < 1.29 is 13.2 Å². The lowest BCUT2D eigenvalue weighted by Gasteiger charge is -2.21. The van der Waals surface area contributed by atoms with Gasteiger partial charge in [0.25, 0.3) is 0 Å². The molecule has 110 valence electrons. The third-order valence-corrected chi connectivity index (χ3v) is 5.80. The highest BCUT2D eigenvalue weighted by atomic mass is 32.2. The predicted octanol–water partition coefficient (Wildman–Crippen LogP) is 2.24. The molecule has 21 heavy (non-hydrogen) atoms. The molecule has 0 spiro atoms. The van der Waals surface area contributed by atoms with Crippen LogP contribution in [0.2, 0.25) is 0 Å². The number of carbonyl (C=O) groups excluding carboxylic acids is 1. The first-order valence-corrected chi connectivity index (χ1v) is 8.75. The van der Waals surface area contributed by atoms with Crippen LogP contribution in [-0.2, 0) is 14.6 Å². The molecule has 1 aliphatic heterocycles. The lowest BCUT2D eigenvalue weighted by molar-refractivity contribution is -0.121. The zero-order valence-corrected chi connectivity index (χ0v) is 12.6. The molecule has 1 heterocycles. The molecule has 2 aromatic carbocycles. The van der Waals surface area contributed by atoms with Gasteiger partial charge in [-0.25, -0.2) is 8.42 Å². The van der Waals surface area contributed by atoms with Crippen molar-refractivity contribution in [1.82, 2.24) is 0 Å². The maximum Gasteiger partial charge on any atom is 0.230 e. The molecule has 1 aliphatic rings. The van der Waals surface area contributed by atoms with Crippen LogP contribution in [0.5, 0.6) is 0 Å². The summed E-state index contributed by atoms with van der Waals surface area (Å²) < 4.78 is 23.0. The highest BCUT2D eigenvalue weighted by Gasteiger charge is 2.34. The van der Waals surface area contributed by atoms with Crippen molar-refractivity contribution in [3.63, 3.8) is 0 Å². The fraction of sp³-hybridized carbons (Fsp3) is 0.312. The molecule has 0 N–H and O–H groups in total. The summed E-state index contributed by atoms with van der Waals surface area (Å²) in [5.74, 6) is -0.434. The number of hydrogen-bond donors (Lipinski definition) is 0. The van der Waals surface area contributed by atoms with Gasteiger partial charge >= 0.3 is 0 Å². The van der Waals surface area contributed by atoms with Gasteiger partial charge in [0, 0.05) is 12.7 Å². The summed E-state index contributed by atoms with van der Waals surface area (Å²) in [6.07, 6.45) is 0.430. The van der Waals surface area contributed by atoms with E-state index in [4.69, 9.17) is 0 Å². The number of amides is 1. The molecule has 0 bridgehead atoms. The van der Waals surface area contributed by atoms with Gasteiger partial charge in [0.05, 0.1) is 17.4 Å². The summed E-state index contributed by atoms with van der Waals surface area (Å²) in [6.45, 7) is 0. The summed E-state index contributed by atoms with van der Waals surface area (Å²) in [7, 11) is -1.33. The number of nitrogens with zero attached hydrogens (tertiary/aromatic N) is 1. The van der Waals surface area contributed by atoms with Crippen LogP contribution >= 0.6 is 0 Å². The number of benzene rings is 2. The van der Waals surface area contributed by atoms with Crippen molar-refractivity contribution in [3.8, 4) is 0 Å². The first-order chi connectivity index (χ1) is 9.96. The van der Waals surface area contributed by atoms with Gasteiger partial charge < -0.3 is 4.90 Å². The quantitative estimate of drug-likeness (QED) is 0.855. The average Bonchev–Trinajstić information content (AvgIpc) is 2.85. The van der Waals surface area contributed by atoms with Gasteiger partial charge in [-0.15, -0.1) is 0 Å². The summed E-state index contributed by atoms with van der Waals surface area (Å²) in [6, 6.07) is 13.8. The minimum Gasteiger partial charge on any atom is -0.315 e.